The summed E-state index contributed by atoms with van der Waals surface area (Å²) < 4.78 is 10.5. The van der Waals surface area contributed by atoms with Crippen LogP contribution >= 0.6 is 0 Å². The lowest BCUT2D eigenvalue weighted by Crippen LogP contribution is -2.15. The molecule has 1 aromatic carbocycles. The molecule has 2 aromatic rings. The number of hydrogen-bond acceptors (Lipinski definition) is 3. The quantitative estimate of drug-likeness (QED) is 0.897. The number of rotatable bonds is 5. The maximum atomic E-state index is 11.3. The summed E-state index contributed by atoms with van der Waals surface area (Å²) in [7, 11) is 1.55. The lowest BCUT2D eigenvalue weighted by molar-refractivity contribution is 0.0658. The van der Waals surface area contributed by atoms with E-state index in [1.807, 2.05) is 18.2 Å². The minimum absolute atomic E-state index is 0.0340. The monoisotopic (exact) mass is 276 g/mol. The van der Waals surface area contributed by atoms with E-state index in [2.05, 4.69) is 20.8 Å². The molecule has 1 heterocycles. The van der Waals surface area contributed by atoms with Crippen LogP contribution in [-0.4, -0.2) is 18.2 Å². The van der Waals surface area contributed by atoms with Crippen LogP contribution in [0.1, 0.15) is 48.9 Å². The van der Waals surface area contributed by atoms with Crippen molar-refractivity contribution in [2.45, 2.75) is 39.2 Å². The van der Waals surface area contributed by atoms with Gasteiger partial charge in [-0.25, -0.2) is 4.79 Å². The minimum atomic E-state index is -1.07. The van der Waals surface area contributed by atoms with Gasteiger partial charge in [0.25, 0.3) is 0 Å². The maximum Gasteiger partial charge on any atom is 0.372 e. The summed E-state index contributed by atoms with van der Waals surface area (Å²) in [5, 5.41) is 10.0. The predicted octanol–water partition coefficient (Wildman–Crippen LogP) is 3.97. The van der Waals surface area contributed by atoms with E-state index < -0.39 is 5.97 Å². The molecule has 2 rings (SSSR count). The Morgan fingerprint density at radius 2 is 2.10 bits per heavy atom. The van der Waals surface area contributed by atoms with E-state index >= 15 is 0 Å². The van der Waals surface area contributed by atoms with Gasteiger partial charge in [0.2, 0.25) is 5.76 Å². The summed E-state index contributed by atoms with van der Waals surface area (Å²) in [6.07, 6.45) is 1.00. The highest BCUT2D eigenvalue weighted by atomic mass is 16.5. The standard InChI is InChI=1S/C16H20O4/c1-5-16(2,3)10-6-7-13-11(8-10)12(9-19-4)14(20-13)15(17)18/h6-8H,5,9H2,1-4H3,(H,17,18). The summed E-state index contributed by atoms with van der Waals surface area (Å²) in [4.78, 5) is 11.3. The second kappa shape index (κ2) is 5.29. The number of ether oxygens (including phenoxy) is 1. The Bertz CT molecular complexity index is 637. The van der Waals surface area contributed by atoms with Gasteiger partial charge in [-0.2, -0.15) is 0 Å². The summed E-state index contributed by atoms with van der Waals surface area (Å²) in [6.45, 7) is 6.70. The fourth-order valence-electron chi connectivity index (χ4n) is 2.23. The van der Waals surface area contributed by atoms with Crippen LogP contribution in [-0.2, 0) is 16.8 Å². The zero-order valence-electron chi connectivity index (χ0n) is 12.3. The predicted molar refractivity (Wildman–Crippen MR) is 77.2 cm³/mol. The van der Waals surface area contributed by atoms with E-state index in [9.17, 15) is 9.90 Å². The molecule has 0 fully saturated rings. The van der Waals surface area contributed by atoms with Crippen LogP contribution in [0.5, 0.6) is 0 Å². The average Bonchev–Trinajstić information content (AvgIpc) is 2.78. The van der Waals surface area contributed by atoms with Crippen LogP contribution in [0.25, 0.3) is 11.0 Å². The molecule has 0 unspecified atom stereocenters. The smallest absolute Gasteiger partial charge is 0.372 e. The van der Waals surface area contributed by atoms with Gasteiger partial charge in [-0.05, 0) is 29.5 Å². The van der Waals surface area contributed by atoms with Gasteiger partial charge in [-0.15, -0.1) is 0 Å². The third-order valence-corrected chi connectivity index (χ3v) is 3.94. The van der Waals surface area contributed by atoms with E-state index in [0.29, 0.717) is 11.1 Å². The molecule has 0 bridgehead atoms. The number of carboxylic acids is 1. The van der Waals surface area contributed by atoms with E-state index in [0.717, 1.165) is 11.8 Å². The van der Waals surface area contributed by atoms with E-state index in [1.165, 1.54) is 5.56 Å². The second-order valence-electron chi connectivity index (χ2n) is 5.60. The molecule has 0 radical (unpaired) electrons. The van der Waals surface area contributed by atoms with Crippen molar-refractivity contribution >= 4 is 16.9 Å². The van der Waals surface area contributed by atoms with Gasteiger partial charge >= 0.3 is 5.97 Å². The van der Waals surface area contributed by atoms with Crippen LogP contribution in [0.4, 0.5) is 0 Å². The van der Waals surface area contributed by atoms with Crippen LogP contribution in [0.3, 0.4) is 0 Å². The van der Waals surface area contributed by atoms with Crippen molar-refractivity contribution in [3.05, 3.63) is 35.1 Å². The molecule has 20 heavy (non-hydrogen) atoms. The highest BCUT2D eigenvalue weighted by Crippen LogP contribution is 2.33. The van der Waals surface area contributed by atoms with Gasteiger partial charge in [0.05, 0.1) is 6.61 Å². The van der Waals surface area contributed by atoms with Crippen molar-refractivity contribution in [3.63, 3.8) is 0 Å². The first-order valence-electron chi connectivity index (χ1n) is 6.69. The van der Waals surface area contributed by atoms with Crippen molar-refractivity contribution in [2.24, 2.45) is 0 Å². The van der Waals surface area contributed by atoms with E-state index in [4.69, 9.17) is 9.15 Å². The van der Waals surface area contributed by atoms with E-state index in [1.54, 1.807) is 7.11 Å². The molecule has 0 aliphatic heterocycles. The number of fused-ring (bicyclic) bond motifs is 1. The highest BCUT2D eigenvalue weighted by Gasteiger charge is 2.23. The number of aromatic carboxylic acids is 1. The maximum absolute atomic E-state index is 11.3. The minimum Gasteiger partial charge on any atom is -0.475 e. The first-order chi connectivity index (χ1) is 9.40. The molecule has 0 atom stereocenters. The van der Waals surface area contributed by atoms with Gasteiger partial charge in [-0.3, -0.25) is 0 Å². The molecule has 0 saturated heterocycles. The Balaban J connectivity index is 2.66. The van der Waals surface area contributed by atoms with Crippen LogP contribution in [0.15, 0.2) is 22.6 Å². The SMILES string of the molecule is CCC(C)(C)c1ccc2oc(C(=O)O)c(COC)c2c1. The van der Waals surface area contributed by atoms with E-state index in [-0.39, 0.29) is 17.8 Å². The lowest BCUT2D eigenvalue weighted by Gasteiger charge is -2.23. The number of methoxy groups -OCH3 is 1. The Kier molecular flexibility index (Phi) is 3.86. The zero-order chi connectivity index (χ0) is 14.9. The Morgan fingerprint density at radius 3 is 2.65 bits per heavy atom. The van der Waals surface area contributed by atoms with Crippen molar-refractivity contribution < 1.29 is 19.1 Å². The third kappa shape index (κ3) is 2.43. The largest absolute Gasteiger partial charge is 0.475 e. The molecule has 4 nitrogen and oxygen atoms in total. The Labute approximate surface area is 118 Å². The van der Waals surface area contributed by atoms with Gasteiger partial charge in [-0.1, -0.05) is 26.8 Å². The van der Waals surface area contributed by atoms with Crippen molar-refractivity contribution in [3.8, 4) is 0 Å². The third-order valence-electron chi connectivity index (χ3n) is 3.94. The van der Waals surface area contributed by atoms with Crippen LogP contribution in [0.2, 0.25) is 0 Å². The van der Waals surface area contributed by atoms with Crippen molar-refractivity contribution in [2.75, 3.05) is 7.11 Å². The molecular formula is C16H20O4. The lowest BCUT2D eigenvalue weighted by atomic mass is 9.82. The second-order valence-corrected chi connectivity index (χ2v) is 5.60. The van der Waals surface area contributed by atoms with Crippen LogP contribution < -0.4 is 0 Å². The zero-order valence-corrected chi connectivity index (χ0v) is 12.3. The molecule has 0 aliphatic rings. The summed E-state index contributed by atoms with van der Waals surface area (Å²) in [5.41, 5.74) is 2.40. The van der Waals surface area contributed by atoms with Crippen molar-refractivity contribution in [1.82, 2.24) is 0 Å². The molecule has 1 aromatic heterocycles. The summed E-state index contributed by atoms with van der Waals surface area (Å²) >= 11 is 0. The number of carboxylic acid groups (broad SMARTS) is 1. The normalized spacial score (nSPS) is 12.0. The van der Waals surface area contributed by atoms with Crippen molar-refractivity contribution in [1.29, 1.82) is 0 Å². The number of hydrogen-bond donors (Lipinski definition) is 1. The Hall–Kier alpha value is -1.81. The topological polar surface area (TPSA) is 59.7 Å². The first-order valence-corrected chi connectivity index (χ1v) is 6.69. The molecule has 0 amide bonds. The fourth-order valence-corrected chi connectivity index (χ4v) is 2.23. The molecular weight excluding hydrogens is 256 g/mol. The highest BCUT2D eigenvalue weighted by molar-refractivity contribution is 5.95. The summed E-state index contributed by atoms with van der Waals surface area (Å²) in [5.74, 6) is -1.10. The number of carbonyl (C=O) groups is 1. The molecule has 108 valence electrons. The number of benzene rings is 1. The Morgan fingerprint density at radius 1 is 1.40 bits per heavy atom. The van der Waals surface area contributed by atoms with Gasteiger partial charge in [0, 0.05) is 18.1 Å². The average molecular weight is 276 g/mol. The first kappa shape index (κ1) is 14.6. The number of furan rings is 1. The van der Waals surface area contributed by atoms with Crippen LogP contribution in [0, 0.1) is 0 Å². The van der Waals surface area contributed by atoms with Gasteiger partial charge in [0.15, 0.2) is 0 Å². The molecule has 0 aliphatic carbocycles. The molecule has 1 N–H and O–H groups in total. The molecule has 0 spiro atoms. The molecule has 0 saturated carbocycles. The fraction of sp³-hybridized carbons (Fsp3) is 0.438. The molecule has 4 heteroatoms. The summed E-state index contributed by atoms with van der Waals surface area (Å²) in [6, 6.07) is 5.86. The van der Waals surface area contributed by atoms with Gasteiger partial charge in [0.1, 0.15) is 5.58 Å². The van der Waals surface area contributed by atoms with Gasteiger partial charge < -0.3 is 14.3 Å².